The van der Waals surface area contributed by atoms with E-state index in [2.05, 4.69) is 15.6 Å². The van der Waals surface area contributed by atoms with Gasteiger partial charge >= 0.3 is 0 Å². The number of hydrogen-bond donors (Lipinski definition) is 2. The lowest BCUT2D eigenvalue weighted by molar-refractivity contribution is -0.135. The molecule has 7 heteroatoms. The Kier molecular flexibility index (Phi) is 3.80. The van der Waals surface area contributed by atoms with Gasteiger partial charge in [-0.25, -0.2) is 9.37 Å². The van der Waals surface area contributed by atoms with Crippen LogP contribution in [0.1, 0.15) is 43.2 Å². The Morgan fingerprint density at radius 3 is 2.71 bits per heavy atom. The summed E-state index contributed by atoms with van der Waals surface area (Å²) in [7, 11) is 0. The molecule has 1 aromatic carbocycles. The molecule has 4 rings (SSSR count). The van der Waals surface area contributed by atoms with E-state index in [1.807, 2.05) is 6.07 Å². The van der Waals surface area contributed by atoms with Crippen LogP contribution in [0.3, 0.4) is 0 Å². The highest BCUT2D eigenvalue weighted by atomic mass is 19.1. The van der Waals surface area contributed by atoms with E-state index >= 15 is 0 Å². The van der Waals surface area contributed by atoms with Crippen LogP contribution < -0.4 is 10.6 Å². The molecule has 1 atom stereocenters. The molecular formula is C17H19FN4O2. The zero-order valence-corrected chi connectivity index (χ0v) is 13.2. The van der Waals surface area contributed by atoms with Gasteiger partial charge < -0.3 is 9.88 Å². The molecule has 2 aliphatic heterocycles. The zero-order chi connectivity index (χ0) is 16.7. The summed E-state index contributed by atoms with van der Waals surface area (Å²) < 4.78 is 16.3. The van der Waals surface area contributed by atoms with Crippen LogP contribution in [-0.4, -0.2) is 34.5 Å². The van der Waals surface area contributed by atoms with Gasteiger partial charge in [0.2, 0.25) is 11.8 Å². The van der Waals surface area contributed by atoms with Crippen LogP contribution in [-0.2, 0) is 9.59 Å². The maximum atomic E-state index is 14.7. The molecule has 2 fully saturated rings. The Morgan fingerprint density at radius 2 is 1.96 bits per heavy atom. The number of nitrogens with zero attached hydrogens (tertiary/aromatic N) is 2. The summed E-state index contributed by atoms with van der Waals surface area (Å²) in [5, 5.41) is 5.62. The van der Waals surface area contributed by atoms with Gasteiger partial charge in [0.05, 0.1) is 17.4 Å². The van der Waals surface area contributed by atoms with Crippen LogP contribution >= 0.6 is 0 Å². The summed E-state index contributed by atoms with van der Waals surface area (Å²) >= 11 is 0. The van der Waals surface area contributed by atoms with Gasteiger partial charge in [-0.2, -0.15) is 0 Å². The largest absolute Gasteiger partial charge is 0.318 e. The number of benzene rings is 1. The molecule has 0 saturated carbocycles. The quantitative estimate of drug-likeness (QED) is 0.821. The lowest BCUT2D eigenvalue weighted by Crippen LogP contribution is -2.41. The number of piperidine rings is 2. The van der Waals surface area contributed by atoms with E-state index in [1.165, 1.54) is 6.07 Å². The predicted molar refractivity (Wildman–Crippen MR) is 86.0 cm³/mol. The fraction of sp³-hybridized carbons (Fsp3) is 0.471. The minimum absolute atomic E-state index is 0.205. The van der Waals surface area contributed by atoms with Crippen LogP contribution in [0.2, 0.25) is 0 Å². The van der Waals surface area contributed by atoms with Gasteiger partial charge in [0.1, 0.15) is 11.9 Å². The fourth-order valence-electron chi connectivity index (χ4n) is 3.71. The van der Waals surface area contributed by atoms with Gasteiger partial charge in [0.15, 0.2) is 0 Å². The van der Waals surface area contributed by atoms with Crippen molar-refractivity contribution < 1.29 is 14.0 Å². The molecule has 0 spiro atoms. The number of imidazole rings is 1. The molecule has 1 unspecified atom stereocenters. The summed E-state index contributed by atoms with van der Waals surface area (Å²) in [6, 6.07) is 2.77. The molecule has 2 saturated heterocycles. The number of carbonyl (C=O) groups excluding carboxylic acids is 2. The SMILES string of the molecule is O=C1CCC(n2cnc3cc(C4CCNCC4)c(F)cc32)C(=O)N1. The first kappa shape index (κ1) is 15.3. The van der Waals surface area contributed by atoms with Crippen LogP contribution in [0, 0.1) is 5.82 Å². The normalized spacial score (nSPS) is 22.8. The number of fused-ring (bicyclic) bond motifs is 1. The van der Waals surface area contributed by atoms with Crippen LogP contribution in [0.15, 0.2) is 18.5 Å². The summed E-state index contributed by atoms with van der Waals surface area (Å²) in [5.74, 6) is -0.659. The van der Waals surface area contributed by atoms with E-state index in [1.54, 1.807) is 10.9 Å². The number of aromatic nitrogens is 2. The third-order valence-electron chi connectivity index (χ3n) is 5.02. The molecule has 0 radical (unpaired) electrons. The number of hydrogen-bond acceptors (Lipinski definition) is 4. The molecule has 0 aliphatic carbocycles. The molecule has 2 amide bonds. The van der Waals surface area contributed by atoms with Gasteiger partial charge in [-0.15, -0.1) is 0 Å². The van der Waals surface area contributed by atoms with Crippen molar-refractivity contribution in [2.75, 3.05) is 13.1 Å². The average molecular weight is 330 g/mol. The third-order valence-corrected chi connectivity index (χ3v) is 5.02. The Labute approximate surface area is 138 Å². The number of nitrogens with one attached hydrogen (secondary N) is 2. The van der Waals surface area contributed by atoms with E-state index in [0.29, 0.717) is 23.0 Å². The maximum absolute atomic E-state index is 14.7. The summed E-state index contributed by atoms with van der Waals surface area (Å²) in [6.45, 7) is 1.79. The van der Waals surface area contributed by atoms with Crippen LogP contribution in [0.25, 0.3) is 11.0 Å². The second-order valence-electron chi connectivity index (χ2n) is 6.51. The fourth-order valence-corrected chi connectivity index (χ4v) is 3.71. The highest BCUT2D eigenvalue weighted by Gasteiger charge is 2.29. The second kappa shape index (κ2) is 5.98. The number of halogens is 1. The van der Waals surface area contributed by atoms with Crippen molar-refractivity contribution in [3.05, 3.63) is 29.8 Å². The monoisotopic (exact) mass is 330 g/mol. The highest BCUT2D eigenvalue weighted by Crippen LogP contribution is 2.32. The molecule has 3 heterocycles. The molecule has 24 heavy (non-hydrogen) atoms. The van der Waals surface area contributed by atoms with Crippen LogP contribution in [0.5, 0.6) is 0 Å². The van der Waals surface area contributed by atoms with E-state index in [-0.39, 0.29) is 30.0 Å². The smallest absolute Gasteiger partial charge is 0.249 e. The lowest BCUT2D eigenvalue weighted by Gasteiger charge is -2.24. The Bertz CT molecular complexity index is 810. The topological polar surface area (TPSA) is 76.0 Å². The van der Waals surface area contributed by atoms with Gasteiger partial charge in [-0.05, 0) is 49.9 Å². The number of imide groups is 1. The maximum Gasteiger partial charge on any atom is 0.249 e. The van der Waals surface area contributed by atoms with Crippen molar-refractivity contribution in [3.63, 3.8) is 0 Å². The highest BCUT2D eigenvalue weighted by molar-refractivity contribution is 6.00. The Morgan fingerprint density at radius 1 is 1.17 bits per heavy atom. The first-order chi connectivity index (χ1) is 11.6. The number of rotatable bonds is 2. The molecule has 2 aliphatic rings. The van der Waals surface area contributed by atoms with Crippen molar-refractivity contribution in [1.82, 2.24) is 20.2 Å². The van der Waals surface area contributed by atoms with Crippen molar-refractivity contribution in [2.24, 2.45) is 0 Å². The molecule has 2 N–H and O–H groups in total. The first-order valence-corrected chi connectivity index (χ1v) is 8.34. The molecule has 126 valence electrons. The van der Waals surface area contributed by atoms with Crippen molar-refractivity contribution >= 4 is 22.8 Å². The standard InChI is InChI=1S/C17H19FN4O2/c18-12-8-15-13(7-11(12)10-3-5-19-6-4-10)20-9-22(15)14-1-2-16(23)21-17(14)24/h7-10,14,19H,1-6H2,(H,21,23,24). The average Bonchev–Trinajstić information content (AvgIpc) is 2.97. The van der Waals surface area contributed by atoms with E-state index in [9.17, 15) is 14.0 Å². The van der Waals surface area contributed by atoms with E-state index in [0.717, 1.165) is 25.9 Å². The third kappa shape index (κ3) is 2.58. The Balaban J connectivity index is 1.71. The first-order valence-electron chi connectivity index (χ1n) is 8.34. The Hall–Kier alpha value is -2.28. The second-order valence-corrected chi connectivity index (χ2v) is 6.51. The van der Waals surface area contributed by atoms with Crippen molar-refractivity contribution in [1.29, 1.82) is 0 Å². The summed E-state index contributed by atoms with van der Waals surface area (Å²) in [4.78, 5) is 27.7. The molecule has 1 aromatic heterocycles. The van der Waals surface area contributed by atoms with Gasteiger partial charge in [0, 0.05) is 12.5 Å². The molecule has 2 aromatic rings. The molecule has 0 bridgehead atoms. The van der Waals surface area contributed by atoms with Gasteiger partial charge in [0.25, 0.3) is 0 Å². The zero-order valence-electron chi connectivity index (χ0n) is 13.2. The molecule has 6 nitrogen and oxygen atoms in total. The van der Waals surface area contributed by atoms with Crippen LogP contribution in [0.4, 0.5) is 4.39 Å². The lowest BCUT2D eigenvalue weighted by atomic mass is 9.89. The number of carbonyl (C=O) groups is 2. The van der Waals surface area contributed by atoms with E-state index < -0.39 is 6.04 Å². The minimum Gasteiger partial charge on any atom is -0.318 e. The number of amides is 2. The minimum atomic E-state index is -0.517. The molecular weight excluding hydrogens is 311 g/mol. The van der Waals surface area contributed by atoms with Crippen molar-refractivity contribution in [2.45, 2.75) is 37.6 Å². The summed E-state index contributed by atoms with van der Waals surface area (Å²) in [6.07, 6.45) is 4.09. The summed E-state index contributed by atoms with van der Waals surface area (Å²) in [5.41, 5.74) is 1.99. The van der Waals surface area contributed by atoms with Crippen molar-refractivity contribution in [3.8, 4) is 0 Å². The predicted octanol–water partition coefficient (Wildman–Crippen LogP) is 1.62. The van der Waals surface area contributed by atoms with Gasteiger partial charge in [-0.3, -0.25) is 14.9 Å². The van der Waals surface area contributed by atoms with E-state index in [4.69, 9.17) is 0 Å². The van der Waals surface area contributed by atoms with Gasteiger partial charge in [-0.1, -0.05) is 0 Å².